The van der Waals surface area contributed by atoms with Crippen LogP contribution in [0.3, 0.4) is 0 Å². The smallest absolute Gasteiger partial charge is 0.190 e. The first-order valence-electron chi connectivity index (χ1n) is 7.97. The van der Waals surface area contributed by atoms with Crippen molar-refractivity contribution in [2.45, 2.75) is 89.6 Å². The molecule has 0 amide bonds. The lowest BCUT2D eigenvalue weighted by Crippen LogP contribution is -2.56. The van der Waals surface area contributed by atoms with Crippen LogP contribution in [-0.2, 0) is 28.1 Å². The van der Waals surface area contributed by atoms with Crippen molar-refractivity contribution in [1.82, 2.24) is 0 Å². The molecule has 0 saturated carbocycles. The molecule has 3 aliphatic rings. The molecule has 0 bridgehead atoms. The summed E-state index contributed by atoms with van der Waals surface area (Å²) in [6.45, 7) is 14.6. The maximum atomic E-state index is 6.09. The molecule has 0 unspecified atom stereocenters. The molecule has 7 heteroatoms. The van der Waals surface area contributed by atoms with Crippen LogP contribution in [0.4, 0.5) is 0 Å². The Balaban J connectivity index is 1.78. The lowest BCUT2D eigenvalue weighted by atomic mass is 9.99. The first-order valence-corrected chi connectivity index (χ1v) is 11.4. The maximum Gasteiger partial charge on any atom is 0.190 e. The average Bonchev–Trinajstić information content (AvgIpc) is 2.79. The Kier molecular flexibility index (Phi) is 4.01. The topological polar surface area (TPSA) is 55.4 Å². The van der Waals surface area contributed by atoms with Crippen molar-refractivity contribution in [2.24, 2.45) is 0 Å². The molecule has 3 fully saturated rings. The van der Waals surface area contributed by atoms with Gasteiger partial charge in [-0.25, -0.2) is 0 Å². The largest absolute Gasteiger partial charge is 0.415 e. The second-order valence-electron chi connectivity index (χ2n) is 8.13. The number of hydrogen-bond acceptors (Lipinski definition) is 6. The molecule has 3 saturated heterocycles. The van der Waals surface area contributed by atoms with Crippen LogP contribution in [0.1, 0.15) is 27.7 Å². The van der Waals surface area contributed by atoms with Gasteiger partial charge in [-0.2, -0.15) is 0 Å². The van der Waals surface area contributed by atoms with Crippen LogP contribution >= 0.6 is 0 Å². The lowest BCUT2D eigenvalue weighted by Gasteiger charge is -2.38. The van der Waals surface area contributed by atoms with Gasteiger partial charge in [0.1, 0.15) is 24.4 Å². The summed E-state index contributed by atoms with van der Waals surface area (Å²) in [7, 11) is -1.63. The molecule has 0 aliphatic carbocycles. The third-order valence-corrected chi connectivity index (χ3v) is 4.96. The van der Waals surface area contributed by atoms with Gasteiger partial charge in [0.2, 0.25) is 0 Å². The number of fused-ring (bicyclic) bond motifs is 3. The second kappa shape index (κ2) is 5.24. The Morgan fingerprint density at radius 1 is 0.818 bits per heavy atom. The molecule has 3 aliphatic heterocycles. The van der Waals surface area contributed by atoms with Crippen molar-refractivity contribution < 1.29 is 28.1 Å². The SMILES string of the molecule is CC1(C)O[C@H]2[C@@H](O1)[C@@H](CO[Si](C)(C)C)O[C@@H]1OC(C)(C)O[C@@H]12. The molecule has 0 aromatic carbocycles. The maximum absolute atomic E-state index is 6.09. The minimum atomic E-state index is -1.63. The normalized spacial score (nSPS) is 43.0. The number of rotatable bonds is 3. The summed E-state index contributed by atoms with van der Waals surface area (Å²) in [6, 6.07) is 0. The summed E-state index contributed by atoms with van der Waals surface area (Å²) in [5, 5.41) is 0. The van der Waals surface area contributed by atoms with Gasteiger partial charge in [0.05, 0.1) is 6.61 Å². The molecule has 22 heavy (non-hydrogen) atoms. The van der Waals surface area contributed by atoms with Crippen molar-refractivity contribution in [1.29, 1.82) is 0 Å². The molecule has 0 aromatic rings. The minimum Gasteiger partial charge on any atom is -0.415 e. The van der Waals surface area contributed by atoms with E-state index in [0.29, 0.717) is 6.61 Å². The third kappa shape index (κ3) is 3.40. The lowest BCUT2D eigenvalue weighted by molar-refractivity contribution is -0.239. The van der Waals surface area contributed by atoms with Crippen LogP contribution < -0.4 is 0 Å². The Morgan fingerprint density at radius 2 is 1.36 bits per heavy atom. The van der Waals surface area contributed by atoms with Crippen LogP contribution in [0.5, 0.6) is 0 Å². The first-order chi connectivity index (χ1) is 9.96. The molecule has 3 rings (SSSR count). The standard InChI is InChI=1S/C15H28O6Si/c1-14(2)18-10-9(8-16-22(5,6)7)17-13-12(11(10)19-14)20-15(3,4)21-13/h9-13H,8H2,1-7H3/t9-,10+,11+,12-,13-/m1/s1. The van der Waals surface area contributed by atoms with Crippen molar-refractivity contribution in [2.75, 3.05) is 6.61 Å². The summed E-state index contributed by atoms with van der Waals surface area (Å²) in [5.41, 5.74) is 0. The van der Waals surface area contributed by atoms with Crippen molar-refractivity contribution in [3.8, 4) is 0 Å². The van der Waals surface area contributed by atoms with Crippen LogP contribution in [0.2, 0.25) is 19.6 Å². The van der Waals surface area contributed by atoms with Gasteiger partial charge in [-0.1, -0.05) is 0 Å². The summed E-state index contributed by atoms with van der Waals surface area (Å²) < 4.78 is 36.1. The average molecular weight is 332 g/mol. The second-order valence-corrected chi connectivity index (χ2v) is 12.6. The zero-order chi connectivity index (χ0) is 16.3. The molecule has 6 nitrogen and oxygen atoms in total. The Labute approximate surface area is 133 Å². The van der Waals surface area contributed by atoms with Gasteiger partial charge in [-0.3, -0.25) is 0 Å². The Hall–Kier alpha value is -0.0231. The fourth-order valence-electron chi connectivity index (χ4n) is 3.16. The van der Waals surface area contributed by atoms with Crippen LogP contribution in [0.15, 0.2) is 0 Å². The van der Waals surface area contributed by atoms with E-state index in [2.05, 4.69) is 19.6 Å². The monoisotopic (exact) mass is 332 g/mol. The fraction of sp³-hybridized carbons (Fsp3) is 1.00. The van der Waals surface area contributed by atoms with E-state index in [9.17, 15) is 0 Å². The van der Waals surface area contributed by atoms with E-state index >= 15 is 0 Å². The van der Waals surface area contributed by atoms with E-state index in [0.717, 1.165) is 0 Å². The highest BCUT2D eigenvalue weighted by molar-refractivity contribution is 6.69. The van der Waals surface area contributed by atoms with Crippen LogP contribution in [0, 0.1) is 0 Å². The van der Waals surface area contributed by atoms with Gasteiger partial charge < -0.3 is 28.1 Å². The van der Waals surface area contributed by atoms with Gasteiger partial charge in [-0.15, -0.1) is 0 Å². The molecule has 128 valence electrons. The molecule has 0 spiro atoms. The van der Waals surface area contributed by atoms with Crippen molar-refractivity contribution >= 4 is 8.32 Å². The fourth-order valence-corrected chi connectivity index (χ4v) is 3.82. The molecule has 5 atom stereocenters. The molecule has 0 N–H and O–H groups in total. The van der Waals surface area contributed by atoms with Gasteiger partial charge in [0.15, 0.2) is 26.2 Å². The molecule has 3 heterocycles. The van der Waals surface area contributed by atoms with Gasteiger partial charge in [0, 0.05) is 0 Å². The molecule has 0 radical (unpaired) electrons. The molecule has 0 aromatic heterocycles. The van der Waals surface area contributed by atoms with Gasteiger partial charge >= 0.3 is 0 Å². The van der Waals surface area contributed by atoms with E-state index in [4.69, 9.17) is 28.1 Å². The Bertz CT molecular complexity index is 432. The van der Waals surface area contributed by atoms with Gasteiger partial charge in [-0.05, 0) is 47.3 Å². The Morgan fingerprint density at radius 3 is 2.00 bits per heavy atom. The quantitative estimate of drug-likeness (QED) is 0.739. The third-order valence-electron chi connectivity index (χ3n) is 3.93. The molecular formula is C15H28O6Si. The highest BCUT2D eigenvalue weighted by Gasteiger charge is 2.60. The highest BCUT2D eigenvalue weighted by atomic mass is 28.4. The molecular weight excluding hydrogens is 304 g/mol. The van der Waals surface area contributed by atoms with Crippen LogP contribution in [-0.4, -0.2) is 57.2 Å². The minimum absolute atomic E-state index is 0.203. The predicted octanol–water partition coefficient (Wildman–Crippen LogP) is 2.23. The summed E-state index contributed by atoms with van der Waals surface area (Å²) in [4.78, 5) is 0. The van der Waals surface area contributed by atoms with E-state index in [1.54, 1.807) is 0 Å². The van der Waals surface area contributed by atoms with Gasteiger partial charge in [0.25, 0.3) is 0 Å². The van der Waals surface area contributed by atoms with E-state index in [1.165, 1.54) is 0 Å². The summed E-state index contributed by atoms with van der Waals surface area (Å²) >= 11 is 0. The number of ether oxygens (including phenoxy) is 5. The summed E-state index contributed by atoms with van der Waals surface area (Å²) in [6.07, 6.45) is -1.33. The predicted molar refractivity (Wildman–Crippen MR) is 81.8 cm³/mol. The number of hydrogen-bond donors (Lipinski definition) is 0. The van der Waals surface area contributed by atoms with Crippen molar-refractivity contribution in [3.63, 3.8) is 0 Å². The summed E-state index contributed by atoms with van der Waals surface area (Å²) in [5.74, 6) is -1.33. The highest BCUT2D eigenvalue weighted by Crippen LogP contribution is 2.44. The van der Waals surface area contributed by atoms with Crippen molar-refractivity contribution in [3.05, 3.63) is 0 Å². The zero-order valence-corrected chi connectivity index (χ0v) is 15.5. The zero-order valence-electron chi connectivity index (χ0n) is 14.5. The van der Waals surface area contributed by atoms with E-state index < -0.39 is 26.2 Å². The van der Waals surface area contributed by atoms with E-state index in [-0.39, 0.29) is 24.4 Å². The first kappa shape index (κ1) is 16.8. The van der Waals surface area contributed by atoms with E-state index in [1.807, 2.05) is 27.7 Å². The van der Waals surface area contributed by atoms with Crippen LogP contribution in [0.25, 0.3) is 0 Å².